The van der Waals surface area contributed by atoms with Gasteiger partial charge in [0.2, 0.25) is 0 Å². The largest absolute Gasteiger partial charge is 0.465 e. The number of ether oxygens (including phenoxy) is 2. The molecule has 10 heteroatoms. The average Bonchev–Trinajstić information content (AvgIpc) is 2.84. The van der Waals surface area contributed by atoms with Crippen LogP contribution < -0.4 is 14.8 Å². The lowest BCUT2D eigenvalue weighted by Gasteiger charge is -2.20. The monoisotopic (exact) mass is 500 g/mol. The van der Waals surface area contributed by atoms with E-state index in [0.717, 1.165) is 12.8 Å². The van der Waals surface area contributed by atoms with Crippen molar-refractivity contribution in [1.29, 1.82) is 4.78 Å². The van der Waals surface area contributed by atoms with Gasteiger partial charge in [0.1, 0.15) is 10.6 Å². The molecule has 1 aromatic heterocycles. The molecule has 0 bridgehead atoms. The molecule has 8 nitrogen and oxygen atoms in total. The number of benzene rings is 2. The van der Waals surface area contributed by atoms with E-state index in [1.165, 1.54) is 24.9 Å². The molecule has 0 radical (unpaired) electrons. The molecule has 180 valence electrons. The Bertz CT molecular complexity index is 1230. The van der Waals surface area contributed by atoms with Gasteiger partial charge in [-0.25, -0.2) is 18.8 Å². The van der Waals surface area contributed by atoms with Crippen LogP contribution in [0.3, 0.4) is 0 Å². The summed E-state index contributed by atoms with van der Waals surface area (Å²) in [6.07, 6.45) is 5.30. The zero-order valence-corrected chi connectivity index (χ0v) is 20.9. The fourth-order valence-corrected chi connectivity index (χ4v) is 4.79. The molecule has 0 fully saturated rings. The molecule has 0 aliphatic heterocycles. The number of nitrogens with one attached hydrogen (secondary N) is 3. The highest BCUT2D eigenvalue weighted by Crippen LogP contribution is 2.39. The summed E-state index contributed by atoms with van der Waals surface area (Å²) in [6, 6.07) is 15.3. The van der Waals surface area contributed by atoms with Crippen LogP contribution in [0.2, 0.25) is 0 Å². The standard InChI is InChI=1S/C24H28N4O4S2/c1-4-5-12-26-20-14-17(24(29)31-2)15-21(23(20)32-19-9-7-6-8-10-19)34(25,30)28-18-11-13-27-22(16-18)33-3/h6-11,13-16,26H,4-5,12H2,1-3H3,(H2,25,27,28,30). The number of carbonyl (C=O) groups is 1. The number of nitrogens with zero attached hydrogens (tertiary/aromatic N) is 1. The summed E-state index contributed by atoms with van der Waals surface area (Å²) >= 11 is 1.43. The van der Waals surface area contributed by atoms with Gasteiger partial charge in [-0.3, -0.25) is 4.72 Å². The first-order chi connectivity index (χ1) is 16.4. The number of methoxy groups -OCH3 is 1. The number of anilines is 2. The number of carbonyl (C=O) groups excluding carboxylic acids is 1. The van der Waals surface area contributed by atoms with E-state index in [2.05, 4.69) is 21.9 Å². The Balaban J connectivity index is 2.15. The number of esters is 1. The van der Waals surface area contributed by atoms with Gasteiger partial charge in [0.25, 0.3) is 0 Å². The van der Waals surface area contributed by atoms with Crippen molar-refractivity contribution >= 4 is 39.0 Å². The first-order valence-corrected chi connectivity index (χ1v) is 13.5. The van der Waals surface area contributed by atoms with Crippen LogP contribution in [-0.2, 0) is 14.7 Å². The van der Waals surface area contributed by atoms with Crippen molar-refractivity contribution in [1.82, 2.24) is 4.98 Å². The maximum atomic E-state index is 13.8. The normalized spacial score (nSPS) is 12.4. The summed E-state index contributed by atoms with van der Waals surface area (Å²) in [5, 5.41) is 3.98. The Morgan fingerprint density at radius 1 is 1.18 bits per heavy atom. The van der Waals surface area contributed by atoms with Crippen LogP contribution in [0.1, 0.15) is 30.1 Å². The molecule has 0 spiro atoms. The second-order valence-electron chi connectivity index (χ2n) is 7.28. The van der Waals surface area contributed by atoms with Gasteiger partial charge < -0.3 is 14.8 Å². The van der Waals surface area contributed by atoms with Crippen LogP contribution >= 0.6 is 11.8 Å². The number of para-hydroxylation sites is 1. The van der Waals surface area contributed by atoms with Crippen molar-refractivity contribution in [3.63, 3.8) is 0 Å². The topological polar surface area (TPSA) is 113 Å². The Labute approximate surface area is 204 Å². The maximum absolute atomic E-state index is 13.8. The summed E-state index contributed by atoms with van der Waals surface area (Å²) in [4.78, 5) is 16.6. The SMILES string of the molecule is CCCCNc1cc(C(=O)OC)cc(S(=N)(=O)Nc2ccnc(SC)c2)c1Oc1ccccc1. The Hall–Kier alpha value is -3.24. The van der Waals surface area contributed by atoms with E-state index in [1.54, 1.807) is 36.5 Å². The van der Waals surface area contributed by atoms with Crippen LogP contribution in [-0.4, -0.2) is 35.1 Å². The van der Waals surface area contributed by atoms with E-state index >= 15 is 0 Å². The van der Waals surface area contributed by atoms with E-state index < -0.39 is 15.9 Å². The molecule has 1 unspecified atom stereocenters. The number of rotatable bonds is 11. The average molecular weight is 501 g/mol. The van der Waals surface area contributed by atoms with Crippen LogP contribution in [0.5, 0.6) is 11.5 Å². The number of hydrogen-bond acceptors (Lipinski definition) is 8. The Morgan fingerprint density at radius 3 is 2.62 bits per heavy atom. The zero-order chi connectivity index (χ0) is 24.6. The van der Waals surface area contributed by atoms with Gasteiger partial charge >= 0.3 is 5.97 Å². The van der Waals surface area contributed by atoms with Crippen molar-refractivity contribution in [3.05, 3.63) is 66.4 Å². The highest BCUT2D eigenvalue weighted by molar-refractivity contribution is 7.98. The molecule has 3 aromatic rings. The lowest BCUT2D eigenvalue weighted by Crippen LogP contribution is -2.16. The van der Waals surface area contributed by atoms with E-state index in [9.17, 15) is 9.00 Å². The molecule has 0 saturated carbocycles. The van der Waals surface area contributed by atoms with Gasteiger partial charge in [-0.05, 0) is 49.1 Å². The van der Waals surface area contributed by atoms with Gasteiger partial charge in [-0.2, -0.15) is 0 Å². The lowest BCUT2D eigenvalue weighted by molar-refractivity contribution is 0.0600. The van der Waals surface area contributed by atoms with Crippen molar-refractivity contribution in [2.75, 3.05) is 29.9 Å². The smallest absolute Gasteiger partial charge is 0.337 e. The third-order valence-corrected chi connectivity index (χ3v) is 6.89. The van der Waals surface area contributed by atoms with E-state index in [-0.39, 0.29) is 16.2 Å². The highest BCUT2D eigenvalue weighted by Gasteiger charge is 2.24. The predicted octanol–water partition coefficient (Wildman–Crippen LogP) is 6.03. The first-order valence-electron chi connectivity index (χ1n) is 10.7. The Morgan fingerprint density at radius 2 is 1.94 bits per heavy atom. The summed E-state index contributed by atoms with van der Waals surface area (Å²) in [7, 11) is -2.39. The van der Waals surface area contributed by atoms with E-state index in [4.69, 9.17) is 14.3 Å². The minimum atomic E-state index is -3.67. The molecular weight excluding hydrogens is 472 g/mol. The second kappa shape index (κ2) is 11.8. The van der Waals surface area contributed by atoms with Crippen LogP contribution in [0.25, 0.3) is 0 Å². The third-order valence-electron chi connectivity index (χ3n) is 4.80. The van der Waals surface area contributed by atoms with E-state index in [0.29, 0.717) is 28.7 Å². The van der Waals surface area contributed by atoms with Crippen molar-refractivity contribution in [2.45, 2.75) is 29.7 Å². The fourth-order valence-electron chi connectivity index (χ4n) is 3.10. The van der Waals surface area contributed by atoms with Gasteiger partial charge in [-0.15, -0.1) is 11.8 Å². The van der Waals surface area contributed by atoms with Gasteiger partial charge in [0.05, 0.1) is 29.1 Å². The molecule has 0 aliphatic rings. The van der Waals surface area contributed by atoms with Gasteiger partial charge in [0, 0.05) is 12.7 Å². The second-order valence-corrected chi connectivity index (χ2v) is 9.87. The predicted molar refractivity (Wildman–Crippen MR) is 136 cm³/mol. The zero-order valence-electron chi connectivity index (χ0n) is 19.3. The quantitative estimate of drug-likeness (QED) is 0.167. The number of hydrogen-bond donors (Lipinski definition) is 3. The molecule has 1 atom stereocenters. The minimum Gasteiger partial charge on any atom is -0.465 e. The van der Waals surface area contributed by atoms with Gasteiger partial charge in [-0.1, -0.05) is 31.5 Å². The maximum Gasteiger partial charge on any atom is 0.337 e. The summed E-state index contributed by atoms with van der Waals surface area (Å²) in [6.45, 7) is 2.68. The molecule has 0 amide bonds. The fraction of sp³-hybridized carbons (Fsp3) is 0.250. The van der Waals surface area contributed by atoms with Crippen molar-refractivity contribution in [3.8, 4) is 11.5 Å². The molecule has 3 rings (SSSR count). The molecule has 2 aromatic carbocycles. The Kier molecular flexibility index (Phi) is 8.78. The number of pyridine rings is 1. The molecule has 0 saturated heterocycles. The van der Waals surface area contributed by atoms with Crippen LogP contribution in [0.4, 0.5) is 11.4 Å². The lowest BCUT2D eigenvalue weighted by atomic mass is 10.1. The van der Waals surface area contributed by atoms with Crippen molar-refractivity contribution in [2.24, 2.45) is 0 Å². The number of aromatic nitrogens is 1. The molecule has 3 N–H and O–H groups in total. The molecule has 0 aliphatic carbocycles. The number of unbranched alkanes of at least 4 members (excludes halogenated alkanes) is 1. The van der Waals surface area contributed by atoms with E-state index in [1.807, 2.05) is 24.5 Å². The molecular formula is C24H28N4O4S2. The van der Waals surface area contributed by atoms with Crippen molar-refractivity contribution < 1.29 is 18.5 Å². The van der Waals surface area contributed by atoms with Crippen LogP contribution in [0.15, 0.2) is 70.7 Å². The summed E-state index contributed by atoms with van der Waals surface area (Å²) in [5.41, 5.74) is 1.09. The van der Waals surface area contributed by atoms with Gasteiger partial charge in [0.15, 0.2) is 15.7 Å². The number of thioether (sulfide) groups is 1. The van der Waals surface area contributed by atoms with Crippen LogP contribution in [0, 0.1) is 4.78 Å². The molecule has 1 heterocycles. The molecule has 34 heavy (non-hydrogen) atoms. The highest BCUT2D eigenvalue weighted by atomic mass is 32.2. The summed E-state index contributed by atoms with van der Waals surface area (Å²) in [5.74, 6) is 0.119. The summed E-state index contributed by atoms with van der Waals surface area (Å²) < 4.78 is 36.4. The third kappa shape index (κ3) is 6.42. The first kappa shape index (κ1) is 25.4. The minimum absolute atomic E-state index is 0.0285.